The normalized spacial score (nSPS) is 16.2. The van der Waals surface area contributed by atoms with Crippen LogP contribution < -0.4 is 10.0 Å². The summed E-state index contributed by atoms with van der Waals surface area (Å²) in [4.78, 5) is 0. The lowest BCUT2D eigenvalue weighted by Gasteiger charge is -2.07. The maximum atomic E-state index is 11.7. The van der Waals surface area contributed by atoms with Crippen LogP contribution in [0, 0.1) is 0 Å². The summed E-state index contributed by atoms with van der Waals surface area (Å²) >= 11 is 0. The van der Waals surface area contributed by atoms with E-state index in [1.165, 1.54) is 12.8 Å². The van der Waals surface area contributed by atoms with E-state index in [9.17, 15) is 17.2 Å². The lowest BCUT2D eigenvalue weighted by atomic mass is 10.3. The van der Waals surface area contributed by atoms with Crippen molar-refractivity contribution in [3.63, 3.8) is 0 Å². The van der Waals surface area contributed by atoms with Crippen LogP contribution in [0.3, 0.4) is 0 Å². The number of nitrogens with one attached hydrogen (secondary N) is 2. The Morgan fingerprint density at radius 1 is 1.21 bits per heavy atom. The van der Waals surface area contributed by atoms with Crippen molar-refractivity contribution in [2.24, 2.45) is 0 Å². The van der Waals surface area contributed by atoms with Crippen LogP contribution in [0.25, 0.3) is 0 Å². The Morgan fingerprint density at radius 2 is 1.95 bits per heavy atom. The molecule has 1 aliphatic rings. The van der Waals surface area contributed by atoms with Gasteiger partial charge in [-0.05, 0) is 32.2 Å². The molecule has 0 aromatic heterocycles. The summed E-state index contributed by atoms with van der Waals surface area (Å²) in [5.74, 6) is 0.0637. The van der Waals surface area contributed by atoms with Gasteiger partial charge in [0, 0.05) is 12.6 Å². The van der Waals surface area contributed by atoms with Gasteiger partial charge < -0.3 is 10.1 Å². The smallest absolute Gasteiger partial charge is 0.261 e. The molecule has 0 aliphatic heterocycles. The summed E-state index contributed by atoms with van der Waals surface area (Å²) in [6.45, 7) is 0.189. The summed E-state index contributed by atoms with van der Waals surface area (Å²) in [7, 11) is -3.31. The maximum Gasteiger partial charge on any atom is 0.261 e. The van der Waals surface area contributed by atoms with E-state index < -0.39 is 23.1 Å². The monoisotopic (exact) mass is 300 g/mol. The van der Waals surface area contributed by atoms with Gasteiger partial charge in [-0.3, -0.25) is 0 Å². The number of hydrogen-bond donors (Lipinski definition) is 2. The molecule has 0 aromatic carbocycles. The van der Waals surface area contributed by atoms with Gasteiger partial charge in [0.05, 0.1) is 12.4 Å². The maximum absolute atomic E-state index is 11.7. The Bertz CT molecular complexity index is 317. The zero-order valence-corrected chi connectivity index (χ0v) is 11.7. The SMILES string of the molecule is O=S(=O)(CCCCNC1CC1)NCCOCC(F)F. The van der Waals surface area contributed by atoms with Crippen LogP contribution in [-0.2, 0) is 14.8 Å². The van der Waals surface area contributed by atoms with Crippen LogP contribution in [0.15, 0.2) is 0 Å². The number of alkyl halides is 2. The molecule has 8 heteroatoms. The largest absolute Gasteiger partial charge is 0.374 e. The molecule has 0 bridgehead atoms. The van der Waals surface area contributed by atoms with E-state index in [1.54, 1.807) is 0 Å². The number of unbranched alkanes of at least 4 members (excludes halogenated alkanes) is 1. The first-order valence-corrected chi connectivity index (χ1v) is 8.21. The predicted molar refractivity (Wildman–Crippen MR) is 68.9 cm³/mol. The van der Waals surface area contributed by atoms with Crippen molar-refractivity contribution in [1.29, 1.82) is 0 Å². The average molecular weight is 300 g/mol. The Hall–Kier alpha value is -0.310. The Morgan fingerprint density at radius 3 is 2.58 bits per heavy atom. The minimum atomic E-state index is -3.31. The Labute approximate surface area is 113 Å². The highest BCUT2D eigenvalue weighted by Crippen LogP contribution is 2.18. The van der Waals surface area contributed by atoms with E-state index in [0.29, 0.717) is 12.5 Å². The number of halogens is 2. The molecule has 0 radical (unpaired) electrons. The second-order valence-electron chi connectivity index (χ2n) is 4.61. The summed E-state index contributed by atoms with van der Waals surface area (Å²) in [5, 5.41) is 3.31. The van der Waals surface area contributed by atoms with E-state index in [4.69, 9.17) is 0 Å². The van der Waals surface area contributed by atoms with E-state index in [0.717, 1.165) is 13.0 Å². The highest BCUT2D eigenvalue weighted by atomic mass is 32.2. The van der Waals surface area contributed by atoms with Crippen molar-refractivity contribution in [2.75, 3.05) is 32.1 Å². The summed E-state index contributed by atoms with van der Waals surface area (Å²) in [5.41, 5.74) is 0. The zero-order chi connectivity index (χ0) is 14.1. The topological polar surface area (TPSA) is 67.4 Å². The van der Waals surface area contributed by atoms with Gasteiger partial charge in [-0.2, -0.15) is 0 Å². The predicted octanol–water partition coefficient (Wildman–Crippen LogP) is 0.720. The fraction of sp³-hybridized carbons (Fsp3) is 1.00. The minimum absolute atomic E-state index is 0.0349. The first-order chi connectivity index (χ1) is 8.99. The highest BCUT2D eigenvalue weighted by molar-refractivity contribution is 7.89. The number of hydrogen-bond acceptors (Lipinski definition) is 4. The first kappa shape index (κ1) is 16.7. The van der Waals surface area contributed by atoms with Crippen molar-refractivity contribution in [1.82, 2.24) is 10.0 Å². The number of rotatable bonds is 12. The summed E-state index contributed by atoms with van der Waals surface area (Å²) in [6.07, 6.45) is 1.33. The van der Waals surface area contributed by atoms with E-state index in [-0.39, 0.29) is 18.9 Å². The van der Waals surface area contributed by atoms with Gasteiger partial charge in [-0.1, -0.05) is 0 Å². The molecule has 0 spiro atoms. The van der Waals surface area contributed by atoms with Crippen LogP contribution in [-0.4, -0.2) is 52.9 Å². The van der Waals surface area contributed by atoms with Gasteiger partial charge in [0.2, 0.25) is 10.0 Å². The standard InChI is InChI=1S/C11H22F2N2O3S/c12-11(13)9-18-7-6-15-19(16,17)8-2-1-5-14-10-3-4-10/h10-11,14-15H,1-9H2. The van der Waals surface area contributed by atoms with Crippen LogP contribution in [0.5, 0.6) is 0 Å². The molecule has 0 aromatic rings. The summed E-state index contributed by atoms with van der Waals surface area (Å²) < 4.78 is 53.4. The van der Waals surface area contributed by atoms with Crippen LogP contribution in [0.4, 0.5) is 8.78 Å². The molecule has 1 aliphatic carbocycles. The lowest BCUT2D eigenvalue weighted by molar-refractivity contribution is 0.0199. The second kappa shape index (κ2) is 8.78. The lowest BCUT2D eigenvalue weighted by Crippen LogP contribution is -2.30. The second-order valence-corrected chi connectivity index (χ2v) is 6.54. The third-order valence-corrected chi connectivity index (χ3v) is 4.13. The molecule has 5 nitrogen and oxygen atoms in total. The quantitative estimate of drug-likeness (QED) is 0.521. The summed E-state index contributed by atoms with van der Waals surface area (Å²) in [6, 6.07) is 0.640. The zero-order valence-electron chi connectivity index (χ0n) is 10.9. The molecule has 1 saturated carbocycles. The first-order valence-electron chi connectivity index (χ1n) is 6.56. The molecule has 114 valence electrons. The van der Waals surface area contributed by atoms with Crippen molar-refractivity contribution < 1.29 is 21.9 Å². The van der Waals surface area contributed by atoms with Crippen molar-refractivity contribution in [3.8, 4) is 0 Å². The molecule has 0 unspecified atom stereocenters. The fourth-order valence-corrected chi connectivity index (χ4v) is 2.65. The molecule has 1 rings (SSSR count). The Kier molecular flexibility index (Phi) is 7.74. The Balaban J connectivity index is 1.93. The third-order valence-electron chi connectivity index (χ3n) is 2.66. The third kappa shape index (κ3) is 10.2. The van der Waals surface area contributed by atoms with Crippen LogP contribution in [0.1, 0.15) is 25.7 Å². The van der Waals surface area contributed by atoms with Crippen LogP contribution >= 0.6 is 0 Å². The number of sulfonamides is 1. The van der Waals surface area contributed by atoms with Gasteiger partial charge in [0.25, 0.3) is 6.43 Å². The molecule has 0 heterocycles. The molecule has 0 saturated heterocycles. The minimum Gasteiger partial charge on any atom is -0.374 e. The van der Waals surface area contributed by atoms with Crippen molar-refractivity contribution in [3.05, 3.63) is 0 Å². The molecule has 19 heavy (non-hydrogen) atoms. The van der Waals surface area contributed by atoms with Gasteiger partial charge in [0.15, 0.2) is 0 Å². The van der Waals surface area contributed by atoms with Gasteiger partial charge >= 0.3 is 0 Å². The van der Waals surface area contributed by atoms with Gasteiger partial charge in [0.1, 0.15) is 6.61 Å². The number of ether oxygens (including phenoxy) is 1. The fourth-order valence-electron chi connectivity index (χ4n) is 1.52. The van der Waals surface area contributed by atoms with Crippen molar-refractivity contribution >= 4 is 10.0 Å². The molecule has 0 amide bonds. The van der Waals surface area contributed by atoms with E-state index in [1.807, 2.05) is 0 Å². The van der Waals surface area contributed by atoms with Gasteiger partial charge in [-0.25, -0.2) is 21.9 Å². The molecule has 0 atom stereocenters. The van der Waals surface area contributed by atoms with E-state index in [2.05, 4.69) is 14.8 Å². The molecular weight excluding hydrogens is 278 g/mol. The highest BCUT2D eigenvalue weighted by Gasteiger charge is 2.19. The average Bonchev–Trinajstić information content (AvgIpc) is 3.11. The van der Waals surface area contributed by atoms with E-state index >= 15 is 0 Å². The van der Waals surface area contributed by atoms with Crippen LogP contribution in [0.2, 0.25) is 0 Å². The van der Waals surface area contributed by atoms with Gasteiger partial charge in [-0.15, -0.1) is 0 Å². The van der Waals surface area contributed by atoms with Crippen molar-refractivity contribution in [2.45, 2.75) is 38.2 Å². The molecule has 2 N–H and O–H groups in total. The molecule has 1 fully saturated rings. The molecular formula is C11H22F2N2O3S.